The van der Waals surface area contributed by atoms with E-state index in [0.29, 0.717) is 5.84 Å². The second kappa shape index (κ2) is 7.52. The predicted molar refractivity (Wildman–Crippen MR) is 37.6 cm³/mol. The SMILES string of the molecule is C/C(N)=N/OCCO.Cl. The molecule has 0 fully saturated rings. The third kappa shape index (κ3) is 11.2. The summed E-state index contributed by atoms with van der Waals surface area (Å²) in [7, 11) is 0. The van der Waals surface area contributed by atoms with Crippen molar-refractivity contribution in [1.82, 2.24) is 0 Å². The van der Waals surface area contributed by atoms with E-state index in [4.69, 9.17) is 10.8 Å². The molecule has 5 heteroatoms. The predicted octanol–water partition coefficient (Wildman–Crippen LogP) is -0.291. The van der Waals surface area contributed by atoms with Gasteiger partial charge in [0.15, 0.2) is 0 Å². The Morgan fingerprint density at radius 3 is 2.67 bits per heavy atom. The van der Waals surface area contributed by atoms with E-state index in [1.54, 1.807) is 6.92 Å². The van der Waals surface area contributed by atoms with Gasteiger partial charge in [0.05, 0.1) is 6.61 Å². The summed E-state index contributed by atoms with van der Waals surface area (Å²) in [6.45, 7) is 1.78. The van der Waals surface area contributed by atoms with Crippen molar-refractivity contribution in [3.63, 3.8) is 0 Å². The molecule has 0 spiro atoms. The fourth-order valence-corrected chi connectivity index (χ4v) is 0.188. The van der Waals surface area contributed by atoms with Crippen LogP contribution in [0, 0.1) is 0 Å². The molecule has 0 aliphatic carbocycles. The number of halogens is 1. The average Bonchev–Trinajstić information content (AvgIpc) is 1.66. The molecule has 56 valence electrons. The molecule has 3 N–H and O–H groups in total. The Bertz CT molecular complexity index is 82.6. The van der Waals surface area contributed by atoms with E-state index < -0.39 is 0 Å². The molecule has 0 unspecified atom stereocenters. The highest BCUT2D eigenvalue weighted by Gasteiger charge is 1.78. The summed E-state index contributed by atoms with van der Waals surface area (Å²) in [5, 5.41) is 11.5. The van der Waals surface area contributed by atoms with Gasteiger partial charge in [0.25, 0.3) is 0 Å². The molecule has 0 bridgehead atoms. The molecule has 0 aliphatic rings. The number of hydrogen-bond donors (Lipinski definition) is 2. The molecule has 0 aromatic carbocycles. The fraction of sp³-hybridized carbons (Fsp3) is 0.750. The first-order chi connectivity index (χ1) is 3.77. The number of oxime groups is 1. The lowest BCUT2D eigenvalue weighted by atomic mass is 10.7. The van der Waals surface area contributed by atoms with Gasteiger partial charge < -0.3 is 15.7 Å². The Balaban J connectivity index is 0. The smallest absolute Gasteiger partial charge is 0.140 e. The number of nitrogens with zero attached hydrogens (tertiary/aromatic N) is 1. The zero-order chi connectivity index (χ0) is 6.41. The Hall–Kier alpha value is -0.480. The molecule has 0 saturated carbocycles. The first-order valence-corrected chi connectivity index (χ1v) is 2.30. The van der Waals surface area contributed by atoms with Gasteiger partial charge in [-0.1, -0.05) is 5.16 Å². The van der Waals surface area contributed by atoms with Gasteiger partial charge in [0.1, 0.15) is 12.4 Å². The van der Waals surface area contributed by atoms with Crippen LogP contribution in [0.2, 0.25) is 0 Å². The van der Waals surface area contributed by atoms with Gasteiger partial charge in [-0.15, -0.1) is 12.4 Å². The van der Waals surface area contributed by atoms with Crippen LogP contribution in [0.3, 0.4) is 0 Å². The summed E-state index contributed by atoms with van der Waals surface area (Å²) in [4.78, 5) is 4.46. The summed E-state index contributed by atoms with van der Waals surface area (Å²) in [5.41, 5.74) is 5.08. The maximum atomic E-state index is 8.14. The monoisotopic (exact) mass is 154 g/mol. The number of amidine groups is 1. The summed E-state index contributed by atoms with van der Waals surface area (Å²) < 4.78 is 0. The number of rotatable bonds is 3. The van der Waals surface area contributed by atoms with Gasteiger partial charge in [0.2, 0.25) is 0 Å². The van der Waals surface area contributed by atoms with E-state index in [1.807, 2.05) is 0 Å². The molecule has 0 aromatic heterocycles. The third-order valence-electron chi connectivity index (χ3n) is 0.391. The lowest BCUT2D eigenvalue weighted by Gasteiger charge is -1.92. The minimum atomic E-state index is -0.0310. The van der Waals surface area contributed by atoms with E-state index in [1.165, 1.54) is 0 Å². The van der Waals surface area contributed by atoms with Gasteiger partial charge >= 0.3 is 0 Å². The summed E-state index contributed by atoms with van der Waals surface area (Å²) in [5.74, 6) is 0.360. The molecule has 0 atom stereocenters. The second-order valence-corrected chi connectivity index (χ2v) is 1.29. The maximum Gasteiger partial charge on any atom is 0.140 e. The number of aliphatic hydroxyl groups excluding tert-OH is 1. The molecular formula is C4H11ClN2O2. The molecule has 0 heterocycles. The molecule has 0 aliphatic heterocycles. The minimum absolute atomic E-state index is 0. The number of aliphatic hydroxyl groups is 1. The van der Waals surface area contributed by atoms with Gasteiger partial charge in [-0.05, 0) is 6.92 Å². The Kier molecular flexibility index (Phi) is 9.47. The van der Waals surface area contributed by atoms with Crippen molar-refractivity contribution >= 4 is 18.2 Å². The van der Waals surface area contributed by atoms with E-state index in [-0.39, 0.29) is 25.6 Å². The molecule has 0 aromatic rings. The van der Waals surface area contributed by atoms with Crippen LogP contribution in [0.5, 0.6) is 0 Å². The maximum absolute atomic E-state index is 8.14. The third-order valence-corrected chi connectivity index (χ3v) is 0.391. The van der Waals surface area contributed by atoms with Crippen LogP contribution in [-0.2, 0) is 4.84 Å². The standard InChI is InChI=1S/C4H10N2O2.ClH/c1-4(5)6-8-3-2-7;/h7H,2-3H2,1H3,(H2,5,6);1H. The van der Waals surface area contributed by atoms with Crippen molar-refractivity contribution in [1.29, 1.82) is 0 Å². The Labute approximate surface area is 60.1 Å². The van der Waals surface area contributed by atoms with E-state index >= 15 is 0 Å². The van der Waals surface area contributed by atoms with Crippen LogP contribution in [0.15, 0.2) is 5.16 Å². The molecule has 4 nitrogen and oxygen atoms in total. The summed E-state index contributed by atoms with van der Waals surface area (Å²) >= 11 is 0. The Morgan fingerprint density at radius 2 is 2.33 bits per heavy atom. The fourth-order valence-electron chi connectivity index (χ4n) is 0.188. The van der Waals surface area contributed by atoms with Crippen LogP contribution in [0.25, 0.3) is 0 Å². The second-order valence-electron chi connectivity index (χ2n) is 1.29. The van der Waals surface area contributed by atoms with Crippen LogP contribution < -0.4 is 5.73 Å². The molecule has 0 rings (SSSR count). The van der Waals surface area contributed by atoms with Crippen molar-refractivity contribution in [2.45, 2.75) is 6.92 Å². The first-order valence-electron chi connectivity index (χ1n) is 2.30. The van der Waals surface area contributed by atoms with Crippen molar-refractivity contribution in [2.24, 2.45) is 10.9 Å². The summed E-state index contributed by atoms with van der Waals surface area (Å²) in [6.07, 6.45) is 0. The van der Waals surface area contributed by atoms with Crippen molar-refractivity contribution in [3.8, 4) is 0 Å². The first kappa shape index (κ1) is 11.3. The van der Waals surface area contributed by atoms with Gasteiger partial charge in [-0.2, -0.15) is 0 Å². The van der Waals surface area contributed by atoms with E-state index in [2.05, 4.69) is 9.99 Å². The number of hydrogen-bond acceptors (Lipinski definition) is 3. The van der Waals surface area contributed by atoms with Gasteiger partial charge in [-0.25, -0.2) is 0 Å². The number of nitrogens with two attached hydrogens (primary N) is 1. The largest absolute Gasteiger partial charge is 0.393 e. The average molecular weight is 155 g/mol. The van der Waals surface area contributed by atoms with Crippen LogP contribution in [0.4, 0.5) is 0 Å². The molecule has 0 amide bonds. The van der Waals surface area contributed by atoms with Crippen LogP contribution >= 0.6 is 12.4 Å². The van der Waals surface area contributed by atoms with Crippen molar-refractivity contribution in [2.75, 3.05) is 13.2 Å². The van der Waals surface area contributed by atoms with E-state index in [0.717, 1.165) is 0 Å². The zero-order valence-corrected chi connectivity index (χ0v) is 6.02. The molecule has 0 radical (unpaired) electrons. The molecular weight excluding hydrogens is 144 g/mol. The normalized spacial score (nSPS) is 10.2. The minimum Gasteiger partial charge on any atom is -0.393 e. The lowest BCUT2D eigenvalue weighted by Crippen LogP contribution is -2.06. The van der Waals surface area contributed by atoms with Crippen molar-refractivity contribution in [3.05, 3.63) is 0 Å². The Morgan fingerprint density at radius 1 is 1.78 bits per heavy atom. The lowest BCUT2D eigenvalue weighted by molar-refractivity contribution is 0.0983. The van der Waals surface area contributed by atoms with E-state index in [9.17, 15) is 0 Å². The highest BCUT2D eigenvalue weighted by molar-refractivity contribution is 5.85. The zero-order valence-electron chi connectivity index (χ0n) is 5.20. The van der Waals surface area contributed by atoms with Crippen LogP contribution in [0.1, 0.15) is 6.92 Å². The topological polar surface area (TPSA) is 67.8 Å². The quantitative estimate of drug-likeness (QED) is 0.254. The molecule has 0 saturated heterocycles. The van der Waals surface area contributed by atoms with Crippen molar-refractivity contribution < 1.29 is 9.94 Å². The van der Waals surface area contributed by atoms with Crippen LogP contribution in [-0.4, -0.2) is 24.2 Å². The molecule has 9 heavy (non-hydrogen) atoms. The highest BCUT2D eigenvalue weighted by Crippen LogP contribution is 1.72. The van der Waals surface area contributed by atoms with Gasteiger partial charge in [0, 0.05) is 0 Å². The van der Waals surface area contributed by atoms with Gasteiger partial charge in [-0.3, -0.25) is 0 Å². The highest BCUT2D eigenvalue weighted by atomic mass is 35.5. The summed E-state index contributed by atoms with van der Waals surface area (Å²) in [6, 6.07) is 0.